The van der Waals surface area contributed by atoms with E-state index in [1.54, 1.807) is 6.07 Å². The van der Waals surface area contributed by atoms with Crippen molar-refractivity contribution < 1.29 is 4.42 Å². The molecule has 0 aromatic carbocycles. The normalized spacial score (nSPS) is 19.3. The summed E-state index contributed by atoms with van der Waals surface area (Å²) in [7, 11) is 4.38. The van der Waals surface area contributed by atoms with E-state index in [4.69, 9.17) is 16.0 Å². The number of rotatable bonds is 5. The van der Waals surface area contributed by atoms with Crippen LogP contribution in [0.15, 0.2) is 16.5 Å². The van der Waals surface area contributed by atoms with Crippen LogP contribution in [0, 0.1) is 0 Å². The molecule has 0 saturated heterocycles. The molecule has 1 aromatic heterocycles. The molecule has 1 aliphatic carbocycles. The van der Waals surface area contributed by atoms with E-state index >= 15 is 0 Å². The van der Waals surface area contributed by atoms with Gasteiger partial charge in [0, 0.05) is 12.1 Å². The smallest absolute Gasteiger partial charge is 0.193 e. The van der Waals surface area contributed by atoms with E-state index in [-0.39, 0.29) is 0 Å². The molecule has 4 heteroatoms. The maximum atomic E-state index is 5.76. The Morgan fingerprint density at radius 3 is 2.56 bits per heavy atom. The predicted molar refractivity (Wildman–Crippen MR) is 74.9 cm³/mol. The molecule has 1 aliphatic rings. The zero-order valence-electron chi connectivity index (χ0n) is 11.3. The molecule has 3 nitrogen and oxygen atoms in total. The van der Waals surface area contributed by atoms with Gasteiger partial charge in [0.1, 0.15) is 5.76 Å². The second-order valence-electron chi connectivity index (χ2n) is 5.49. The summed E-state index contributed by atoms with van der Waals surface area (Å²) in [6, 6.07) is 3.72. The van der Waals surface area contributed by atoms with Gasteiger partial charge in [-0.1, -0.05) is 19.3 Å². The number of nitrogens with one attached hydrogen (secondary N) is 1. The van der Waals surface area contributed by atoms with Crippen molar-refractivity contribution in [2.45, 2.75) is 44.2 Å². The van der Waals surface area contributed by atoms with Crippen LogP contribution in [0.5, 0.6) is 0 Å². The molecular formula is C14H23ClN2O. The molecule has 0 spiro atoms. The van der Waals surface area contributed by atoms with Crippen LogP contribution in [0.25, 0.3) is 0 Å². The lowest BCUT2D eigenvalue weighted by Gasteiger charge is -2.43. The van der Waals surface area contributed by atoms with Crippen molar-refractivity contribution in [3.05, 3.63) is 23.1 Å². The summed E-state index contributed by atoms with van der Waals surface area (Å²) in [6.07, 6.45) is 6.63. The molecule has 0 atom stereocenters. The van der Waals surface area contributed by atoms with Crippen LogP contribution in [0.2, 0.25) is 5.22 Å². The minimum absolute atomic E-state index is 0.314. The Hall–Kier alpha value is -0.510. The lowest BCUT2D eigenvalue weighted by molar-refractivity contribution is 0.0978. The number of hydrogen-bond acceptors (Lipinski definition) is 3. The summed E-state index contributed by atoms with van der Waals surface area (Å²) in [5.41, 5.74) is 0.314. The van der Waals surface area contributed by atoms with E-state index in [9.17, 15) is 0 Å². The van der Waals surface area contributed by atoms with Crippen molar-refractivity contribution in [1.29, 1.82) is 0 Å². The Balaban J connectivity index is 1.86. The fraction of sp³-hybridized carbons (Fsp3) is 0.714. The average Bonchev–Trinajstić information content (AvgIpc) is 2.76. The zero-order chi connectivity index (χ0) is 13.0. The van der Waals surface area contributed by atoms with Crippen LogP contribution in [0.3, 0.4) is 0 Å². The highest BCUT2D eigenvalue weighted by molar-refractivity contribution is 6.28. The van der Waals surface area contributed by atoms with Crippen molar-refractivity contribution in [2.24, 2.45) is 0 Å². The fourth-order valence-corrected chi connectivity index (χ4v) is 3.02. The minimum Gasteiger partial charge on any atom is -0.448 e. The number of hydrogen-bond donors (Lipinski definition) is 1. The lowest BCUT2D eigenvalue weighted by atomic mass is 9.80. The van der Waals surface area contributed by atoms with Crippen molar-refractivity contribution >= 4 is 11.6 Å². The number of furan rings is 1. The van der Waals surface area contributed by atoms with Gasteiger partial charge in [-0.05, 0) is 50.7 Å². The second kappa shape index (κ2) is 6.09. The Morgan fingerprint density at radius 1 is 1.28 bits per heavy atom. The van der Waals surface area contributed by atoms with Gasteiger partial charge in [-0.2, -0.15) is 0 Å². The molecule has 0 aliphatic heterocycles. The molecule has 0 unspecified atom stereocenters. The van der Waals surface area contributed by atoms with Gasteiger partial charge in [0.25, 0.3) is 0 Å². The predicted octanol–water partition coefficient (Wildman–Crippen LogP) is 3.29. The van der Waals surface area contributed by atoms with Gasteiger partial charge in [-0.3, -0.25) is 0 Å². The van der Waals surface area contributed by atoms with Crippen molar-refractivity contribution in [1.82, 2.24) is 10.2 Å². The van der Waals surface area contributed by atoms with Gasteiger partial charge >= 0.3 is 0 Å². The standard InChI is InChI=1S/C14H23ClN2O/c1-17(2)14(8-4-3-5-9-14)11-16-10-12-6-7-13(15)18-12/h6-7,16H,3-5,8-11H2,1-2H3. The highest BCUT2D eigenvalue weighted by Gasteiger charge is 2.33. The third kappa shape index (κ3) is 3.28. The molecule has 0 amide bonds. The summed E-state index contributed by atoms with van der Waals surface area (Å²) in [5.74, 6) is 0.907. The molecule has 1 fully saturated rings. The van der Waals surface area contributed by atoms with E-state index in [0.29, 0.717) is 10.8 Å². The summed E-state index contributed by atoms with van der Waals surface area (Å²) in [5, 5.41) is 3.98. The first-order valence-corrected chi connectivity index (χ1v) is 7.13. The summed E-state index contributed by atoms with van der Waals surface area (Å²) in [4.78, 5) is 2.38. The van der Waals surface area contributed by atoms with Gasteiger partial charge in [-0.25, -0.2) is 0 Å². The van der Waals surface area contributed by atoms with E-state index in [0.717, 1.165) is 18.8 Å². The van der Waals surface area contributed by atoms with Gasteiger partial charge < -0.3 is 14.6 Å². The van der Waals surface area contributed by atoms with Gasteiger partial charge in [0.15, 0.2) is 5.22 Å². The Bertz CT molecular complexity index is 370. The first-order valence-electron chi connectivity index (χ1n) is 6.75. The SMILES string of the molecule is CN(C)C1(CNCc2ccc(Cl)o2)CCCCC1. The third-order valence-electron chi connectivity index (χ3n) is 4.12. The average molecular weight is 271 g/mol. The summed E-state index contributed by atoms with van der Waals surface area (Å²) in [6.45, 7) is 1.76. The number of nitrogens with zero attached hydrogens (tertiary/aromatic N) is 1. The van der Waals surface area contributed by atoms with Crippen LogP contribution >= 0.6 is 11.6 Å². The zero-order valence-corrected chi connectivity index (χ0v) is 12.1. The Kier molecular flexibility index (Phi) is 4.71. The van der Waals surface area contributed by atoms with Crippen LogP contribution in [0.1, 0.15) is 37.9 Å². The largest absolute Gasteiger partial charge is 0.448 e. The van der Waals surface area contributed by atoms with Gasteiger partial charge in [0.2, 0.25) is 0 Å². The molecule has 0 radical (unpaired) electrons. The topological polar surface area (TPSA) is 28.4 Å². The molecule has 2 rings (SSSR count). The molecule has 1 saturated carbocycles. The molecule has 1 aromatic rings. The van der Waals surface area contributed by atoms with Crippen molar-refractivity contribution in [2.75, 3.05) is 20.6 Å². The maximum absolute atomic E-state index is 5.76. The third-order valence-corrected chi connectivity index (χ3v) is 4.32. The molecule has 1 heterocycles. The first kappa shape index (κ1) is 13.9. The molecule has 102 valence electrons. The quantitative estimate of drug-likeness (QED) is 0.890. The second-order valence-corrected chi connectivity index (χ2v) is 5.86. The Morgan fingerprint density at radius 2 is 2.00 bits per heavy atom. The first-order chi connectivity index (χ1) is 8.62. The van der Waals surface area contributed by atoms with E-state index in [1.165, 1.54) is 32.1 Å². The van der Waals surface area contributed by atoms with Crippen molar-refractivity contribution in [3.8, 4) is 0 Å². The molecule has 1 N–H and O–H groups in total. The monoisotopic (exact) mass is 270 g/mol. The fourth-order valence-electron chi connectivity index (χ4n) is 2.86. The van der Waals surface area contributed by atoms with Crippen LogP contribution in [-0.2, 0) is 6.54 Å². The Labute approximate surface area is 114 Å². The maximum Gasteiger partial charge on any atom is 0.193 e. The van der Waals surface area contributed by atoms with Crippen LogP contribution in [-0.4, -0.2) is 31.1 Å². The van der Waals surface area contributed by atoms with Gasteiger partial charge in [-0.15, -0.1) is 0 Å². The number of halogens is 1. The molecule has 0 bridgehead atoms. The van der Waals surface area contributed by atoms with Crippen LogP contribution < -0.4 is 5.32 Å². The van der Waals surface area contributed by atoms with Crippen LogP contribution in [0.4, 0.5) is 0 Å². The molecule has 18 heavy (non-hydrogen) atoms. The highest BCUT2D eigenvalue weighted by Crippen LogP contribution is 2.31. The summed E-state index contributed by atoms with van der Waals surface area (Å²) < 4.78 is 5.36. The van der Waals surface area contributed by atoms with E-state index in [1.807, 2.05) is 6.07 Å². The van der Waals surface area contributed by atoms with Crippen molar-refractivity contribution in [3.63, 3.8) is 0 Å². The summed E-state index contributed by atoms with van der Waals surface area (Å²) >= 11 is 5.76. The number of likely N-dealkylation sites (N-methyl/N-ethyl adjacent to an activating group) is 1. The molecular weight excluding hydrogens is 248 g/mol. The van der Waals surface area contributed by atoms with E-state index < -0.39 is 0 Å². The lowest BCUT2D eigenvalue weighted by Crippen LogP contribution is -2.52. The minimum atomic E-state index is 0.314. The van der Waals surface area contributed by atoms with E-state index in [2.05, 4.69) is 24.3 Å². The highest BCUT2D eigenvalue weighted by atomic mass is 35.5. The van der Waals surface area contributed by atoms with Gasteiger partial charge in [0.05, 0.1) is 6.54 Å².